The van der Waals surface area contributed by atoms with Crippen LogP contribution in [-0.4, -0.2) is 29.7 Å². The van der Waals surface area contributed by atoms with Crippen molar-refractivity contribution in [2.24, 2.45) is 0 Å². The molecule has 1 aliphatic heterocycles. The fourth-order valence-corrected chi connectivity index (χ4v) is 1.76. The molecule has 1 fully saturated rings. The molecule has 0 aliphatic carbocycles. The maximum atomic E-state index is 11.8. The summed E-state index contributed by atoms with van der Waals surface area (Å²) in [6, 6.07) is 9.10. The first-order chi connectivity index (χ1) is 7.27. The van der Waals surface area contributed by atoms with Crippen LogP contribution >= 0.6 is 0 Å². The van der Waals surface area contributed by atoms with E-state index in [9.17, 15) is 9.59 Å². The fourth-order valence-electron chi connectivity index (χ4n) is 1.76. The molecule has 0 N–H and O–H groups in total. The third-order valence-electron chi connectivity index (χ3n) is 2.60. The van der Waals surface area contributed by atoms with Gasteiger partial charge in [0.25, 0.3) is 0 Å². The van der Waals surface area contributed by atoms with Gasteiger partial charge in [-0.3, -0.25) is 9.59 Å². The summed E-state index contributed by atoms with van der Waals surface area (Å²) in [5.74, 6) is 0.116. The normalized spacial score (nSPS) is 15.7. The smallest absolute Gasteiger partial charge is 0.223 e. The first kappa shape index (κ1) is 9.90. The summed E-state index contributed by atoms with van der Waals surface area (Å²) >= 11 is 0. The van der Waals surface area contributed by atoms with Gasteiger partial charge in [-0.15, -0.1) is 0 Å². The second kappa shape index (κ2) is 4.26. The van der Waals surface area contributed by atoms with E-state index in [0.29, 0.717) is 12.0 Å². The molecule has 0 aromatic heterocycles. The molecule has 15 heavy (non-hydrogen) atoms. The molecule has 0 radical (unpaired) electrons. The van der Waals surface area contributed by atoms with Crippen molar-refractivity contribution in [2.45, 2.75) is 12.8 Å². The molecule has 1 amide bonds. The lowest BCUT2D eigenvalue weighted by Gasteiger charge is -2.13. The number of benzene rings is 1. The van der Waals surface area contributed by atoms with E-state index in [1.807, 2.05) is 18.2 Å². The van der Waals surface area contributed by atoms with Crippen LogP contribution in [0.2, 0.25) is 0 Å². The monoisotopic (exact) mass is 203 g/mol. The summed E-state index contributed by atoms with van der Waals surface area (Å²) in [6.07, 6.45) is 1.46. The molecule has 0 bridgehead atoms. The predicted molar refractivity (Wildman–Crippen MR) is 56.6 cm³/mol. The minimum Gasteiger partial charge on any atom is -0.335 e. The molecular weight excluding hydrogens is 190 g/mol. The third-order valence-corrected chi connectivity index (χ3v) is 2.60. The molecule has 78 valence electrons. The van der Waals surface area contributed by atoms with Crippen molar-refractivity contribution in [3.05, 3.63) is 35.9 Å². The number of hydrogen-bond acceptors (Lipinski definition) is 2. The Morgan fingerprint density at radius 3 is 2.60 bits per heavy atom. The van der Waals surface area contributed by atoms with Gasteiger partial charge in [-0.1, -0.05) is 30.3 Å². The second-order valence-electron chi connectivity index (χ2n) is 3.71. The number of nitrogens with zero attached hydrogens (tertiary/aromatic N) is 1. The molecule has 0 unspecified atom stereocenters. The van der Waals surface area contributed by atoms with E-state index in [2.05, 4.69) is 0 Å². The van der Waals surface area contributed by atoms with Crippen molar-refractivity contribution >= 4 is 11.7 Å². The van der Waals surface area contributed by atoms with Gasteiger partial charge in [0.05, 0.1) is 6.54 Å². The molecule has 1 aliphatic rings. The van der Waals surface area contributed by atoms with E-state index in [0.717, 1.165) is 13.0 Å². The first-order valence-corrected chi connectivity index (χ1v) is 5.13. The zero-order valence-corrected chi connectivity index (χ0v) is 8.48. The minimum atomic E-state index is 0.0193. The largest absolute Gasteiger partial charge is 0.335 e. The van der Waals surface area contributed by atoms with Crippen LogP contribution in [0.15, 0.2) is 30.3 Å². The molecule has 0 atom stereocenters. The second-order valence-corrected chi connectivity index (χ2v) is 3.71. The number of rotatable bonds is 3. The van der Waals surface area contributed by atoms with Gasteiger partial charge in [-0.2, -0.15) is 0 Å². The van der Waals surface area contributed by atoms with Crippen molar-refractivity contribution in [3.8, 4) is 0 Å². The zero-order valence-electron chi connectivity index (χ0n) is 8.48. The number of ketones is 1. The molecule has 1 saturated heterocycles. The molecule has 0 saturated carbocycles. The van der Waals surface area contributed by atoms with Crippen LogP contribution in [0, 0.1) is 0 Å². The van der Waals surface area contributed by atoms with Crippen LogP contribution < -0.4 is 0 Å². The van der Waals surface area contributed by atoms with Gasteiger partial charge in [-0.25, -0.2) is 0 Å². The van der Waals surface area contributed by atoms with Crippen LogP contribution in [0.1, 0.15) is 23.2 Å². The Labute approximate surface area is 88.7 Å². The summed E-state index contributed by atoms with van der Waals surface area (Å²) in [5, 5.41) is 0. The van der Waals surface area contributed by atoms with Crippen LogP contribution in [0.25, 0.3) is 0 Å². The highest BCUT2D eigenvalue weighted by atomic mass is 16.2. The van der Waals surface area contributed by atoms with Gasteiger partial charge < -0.3 is 4.90 Å². The van der Waals surface area contributed by atoms with E-state index in [-0.39, 0.29) is 18.2 Å². The quantitative estimate of drug-likeness (QED) is 0.698. The van der Waals surface area contributed by atoms with Gasteiger partial charge in [0.15, 0.2) is 5.78 Å². The van der Waals surface area contributed by atoms with Gasteiger partial charge in [-0.05, 0) is 6.42 Å². The summed E-state index contributed by atoms with van der Waals surface area (Å²) in [7, 11) is 0. The molecule has 3 heteroatoms. The Balaban J connectivity index is 2.01. The number of carbonyl (C=O) groups is 2. The van der Waals surface area contributed by atoms with Crippen molar-refractivity contribution in [3.63, 3.8) is 0 Å². The van der Waals surface area contributed by atoms with E-state index in [1.165, 1.54) is 0 Å². The standard InChI is InChI=1S/C12H13NO2/c14-11(10-5-2-1-3-6-10)9-13-8-4-7-12(13)15/h1-3,5-6H,4,7-9H2. The van der Waals surface area contributed by atoms with Crippen LogP contribution in [0.3, 0.4) is 0 Å². The van der Waals surface area contributed by atoms with Crippen LogP contribution in [0.5, 0.6) is 0 Å². The van der Waals surface area contributed by atoms with Crippen molar-refractivity contribution in [2.75, 3.05) is 13.1 Å². The molecule has 0 spiro atoms. The van der Waals surface area contributed by atoms with Crippen molar-refractivity contribution < 1.29 is 9.59 Å². The summed E-state index contributed by atoms with van der Waals surface area (Å²) in [6.45, 7) is 0.945. The first-order valence-electron chi connectivity index (χ1n) is 5.13. The van der Waals surface area contributed by atoms with E-state index in [4.69, 9.17) is 0 Å². The van der Waals surface area contributed by atoms with E-state index >= 15 is 0 Å². The number of carbonyl (C=O) groups excluding carboxylic acids is 2. The number of likely N-dealkylation sites (tertiary alicyclic amines) is 1. The maximum absolute atomic E-state index is 11.8. The van der Waals surface area contributed by atoms with E-state index < -0.39 is 0 Å². The molecule has 2 rings (SSSR count). The number of hydrogen-bond donors (Lipinski definition) is 0. The molecule has 1 aromatic carbocycles. The summed E-state index contributed by atoms with van der Waals surface area (Å²) in [5.41, 5.74) is 0.678. The highest BCUT2D eigenvalue weighted by Crippen LogP contribution is 2.10. The van der Waals surface area contributed by atoms with Crippen LogP contribution in [0.4, 0.5) is 0 Å². The van der Waals surface area contributed by atoms with Gasteiger partial charge in [0.2, 0.25) is 5.91 Å². The lowest BCUT2D eigenvalue weighted by molar-refractivity contribution is -0.127. The summed E-state index contributed by atoms with van der Waals surface area (Å²) < 4.78 is 0. The SMILES string of the molecule is O=C(CN1CCCC1=O)c1ccccc1. The van der Waals surface area contributed by atoms with E-state index in [1.54, 1.807) is 17.0 Å². The highest BCUT2D eigenvalue weighted by Gasteiger charge is 2.22. The fraction of sp³-hybridized carbons (Fsp3) is 0.333. The zero-order chi connectivity index (χ0) is 10.7. The molecule has 1 heterocycles. The Hall–Kier alpha value is -1.64. The predicted octanol–water partition coefficient (Wildman–Crippen LogP) is 1.49. The maximum Gasteiger partial charge on any atom is 0.223 e. The van der Waals surface area contributed by atoms with Gasteiger partial charge >= 0.3 is 0 Å². The van der Waals surface area contributed by atoms with Gasteiger partial charge in [0, 0.05) is 18.5 Å². The lowest BCUT2D eigenvalue weighted by Crippen LogP contribution is -2.30. The third kappa shape index (κ3) is 2.24. The van der Waals surface area contributed by atoms with Crippen LogP contribution in [-0.2, 0) is 4.79 Å². The Bertz CT molecular complexity index is 372. The Morgan fingerprint density at radius 1 is 1.27 bits per heavy atom. The Morgan fingerprint density at radius 2 is 2.00 bits per heavy atom. The summed E-state index contributed by atoms with van der Waals surface area (Å²) in [4.78, 5) is 24.7. The molecule has 3 nitrogen and oxygen atoms in total. The molecule has 1 aromatic rings. The number of Topliss-reactive ketones (excluding diaryl/α,β-unsaturated/α-hetero) is 1. The van der Waals surface area contributed by atoms with Gasteiger partial charge in [0.1, 0.15) is 0 Å². The highest BCUT2D eigenvalue weighted by molar-refractivity contribution is 5.99. The number of amides is 1. The average Bonchev–Trinajstić information content (AvgIpc) is 2.66. The Kier molecular flexibility index (Phi) is 2.81. The lowest BCUT2D eigenvalue weighted by atomic mass is 10.1. The molecular formula is C12H13NO2. The van der Waals surface area contributed by atoms with Crippen molar-refractivity contribution in [1.29, 1.82) is 0 Å². The topological polar surface area (TPSA) is 37.4 Å². The van der Waals surface area contributed by atoms with Crippen molar-refractivity contribution in [1.82, 2.24) is 4.90 Å². The minimum absolute atomic E-state index is 0.0193. The average molecular weight is 203 g/mol.